The number of hydrogen-bond acceptors (Lipinski definition) is 3. The second kappa shape index (κ2) is 4.71. The fraction of sp³-hybridized carbons (Fsp3) is 0.214. The minimum Gasteiger partial charge on any atom is -0.343 e. The molecule has 3 aromatic heterocycles. The third-order valence-electron chi connectivity index (χ3n) is 3.02. The molecule has 0 saturated heterocycles. The van der Waals surface area contributed by atoms with Gasteiger partial charge in [-0.2, -0.15) is 0 Å². The van der Waals surface area contributed by atoms with E-state index in [-0.39, 0.29) is 0 Å². The molecule has 4 heteroatoms. The summed E-state index contributed by atoms with van der Waals surface area (Å²) in [5.41, 5.74) is 3.72. The number of aryl methyl sites for hydroxylation is 2. The second-order valence-corrected chi connectivity index (χ2v) is 6.13. The van der Waals surface area contributed by atoms with Crippen LogP contribution in [-0.2, 0) is 6.54 Å². The molecule has 0 aliphatic rings. The normalized spacial score (nSPS) is 11.0. The van der Waals surface area contributed by atoms with Crippen LogP contribution in [0.4, 0.5) is 0 Å². The summed E-state index contributed by atoms with van der Waals surface area (Å²) in [6.45, 7) is 5.14. The number of hydrogen-bond donors (Lipinski definition) is 0. The molecule has 3 heterocycles. The lowest BCUT2D eigenvalue weighted by molar-refractivity contribution is 0.735. The van der Waals surface area contributed by atoms with Gasteiger partial charge in [0.1, 0.15) is 5.01 Å². The van der Waals surface area contributed by atoms with Crippen LogP contribution in [0.3, 0.4) is 0 Å². The molecular weight excluding hydrogens is 260 g/mol. The van der Waals surface area contributed by atoms with Crippen LogP contribution < -0.4 is 0 Å². The van der Waals surface area contributed by atoms with Crippen LogP contribution in [0.5, 0.6) is 0 Å². The molecule has 0 radical (unpaired) electrons. The Hall–Kier alpha value is -1.39. The van der Waals surface area contributed by atoms with Gasteiger partial charge in [0.15, 0.2) is 0 Å². The Kier molecular flexibility index (Phi) is 3.06. The van der Waals surface area contributed by atoms with Gasteiger partial charge in [0.25, 0.3) is 0 Å². The molecule has 0 N–H and O–H groups in total. The molecule has 0 bridgehead atoms. The van der Waals surface area contributed by atoms with Gasteiger partial charge < -0.3 is 4.57 Å². The van der Waals surface area contributed by atoms with Crippen LogP contribution in [0, 0.1) is 13.8 Å². The first-order chi connectivity index (χ1) is 8.74. The van der Waals surface area contributed by atoms with Crippen LogP contribution in [0.1, 0.15) is 17.1 Å². The molecule has 3 rings (SSSR count). The summed E-state index contributed by atoms with van der Waals surface area (Å²) < 4.78 is 2.30. The van der Waals surface area contributed by atoms with E-state index in [2.05, 4.69) is 53.4 Å². The Morgan fingerprint density at radius 1 is 1.11 bits per heavy atom. The third kappa shape index (κ3) is 2.13. The fourth-order valence-corrected chi connectivity index (χ4v) is 3.63. The maximum absolute atomic E-state index is 4.72. The van der Waals surface area contributed by atoms with E-state index in [0.29, 0.717) is 0 Å². The van der Waals surface area contributed by atoms with Gasteiger partial charge in [0, 0.05) is 16.8 Å². The highest BCUT2D eigenvalue weighted by atomic mass is 32.1. The number of aromatic nitrogens is 2. The van der Waals surface area contributed by atoms with Crippen LogP contribution in [0.25, 0.3) is 9.88 Å². The summed E-state index contributed by atoms with van der Waals surface area (Å²) in [7, 11) is 0. The summed E-state index contributed by atoms with van der Waals surface area (Å²) in [5.74, 6) is 0. The van der Waals surface area contributed by atoms with Gasteiger partial charge in [-0.15, -0.1) is 22.7 Å². The topological polar surface area (TPSA) is 17.8 Å². The van der Waals surface area contributed by atoms with E-state index in [9.17, 15) is 0 Å². The lowest BCUT2D eigenvalue weighted by atomic mass is 10.4. The Bertz CT molecular complexity index is 628. The summed E-state index contributed by atoms with van der Waals surface area (Å²) >= 11 is 3.47. The molecule has 0 atom stereocenters. The zero-order valence-electron chi connectivity index (χ0n) is 10.4. The van der Waals surface area contributed by atoms with E-state index in [4.69, 9.17) is 4.98 Å². The molecule has 92 valence electrons. The molecule has 0 spiro atoms. The molecule has 0 aromatic carbocycles. The predicted molar refractivity (Wildman–Crippen MR) is 78.4 cm³/mol. The summed E-state index contributed by atoms with van der Waals surface area (Å²) in [4.78, 5) is 5.97. The van der Waals surface area contributed by atoms with E-state index in [1.54, 1.807) is 22.7 Å². The van der Waals surface area contributed by atoms with Gasteiger partial charge in [-0.25, -0.2) is 4.98 Å². The summed E-state index contributed by atoms with van der Waals surface area (Å²) in [6, 6.07) is 8.50. The molecule has 0 saturated carbocycles. The van der Waals surface area contributed by atoms with Crippen molar-refractivity contribution in [2.24, 2.45) is 0 Å². The number of thiazole rings is 1. The van der Waals surface area contributed by atoms with Crippen molar-refractivity contribution < 1.29 is 0 Å². The second-order valence-electron chi connectivity index (χ2n) is 4.32. The first-order valence-electron chi connectivity index (χ1n) is 5.85. The molecular formula is C14H14N2S2. The monoisotopic (exact) mass is 274 g/mol. The zero-order chi connectivity index (χ0) is 12.5. The molecule has 0 aliphatic carbocycles. The fourth-order valence-electron chi connectivity index (χ4n) is 2.00. The van der Waals surface area contributed by atoms with Gasteiger partial charge >= 0.3 is 0 Å². The minimum atomic E-state index is 0.868. The van der Waals surface area contributed by atoms with Crippen molar-refractivity contribution in [2.75, 3.05) is 0 Å². The smallest absolute Gasteiger partial charge is 0.133 e. The van der Waals surface area contributed by atoms with Gasteiger partial charge in [0.05, 0.1) is 17.1 Å². The Balaban J connectivity index is 1.87. The zero-order valence-corrected chi connectivity index (χ0v) is 12.0. The van der Waals surface area contributed by atoms with Crippen LogP contribution in [0.15, 0.2) is 35.0 Å². The van der Waals surface area contributed by atoms with Crippen LogP contribution in [0.2, 0.25) is 0 Å². The highest BCUT2D eigenvalue weighted by molar-refractivity contribution is 7.20. The Morgan fingerprint density at radius 3 is 2.56 bits per heavy atom. The summed E-state index contributed by atoms with van der Waals surface area (Å²) in [6.07, 6.45) is 0. The van der Waals surface area contributed by atoms with Crippen molar-refractivity contribution in [2.45, 2.75) is 20.4 Å². The van der Waals surface area contributed by atoms with Gasteiger partial charge in [0.2, 0.25) is 0 Å². The van der Waals surface area contributed by atoms with Gasteiger partial charge in [-0.3, -0.25) is 0 Å². The predicted octanol–water partition coefficient (Wildman–Crippen LogP) is 4.34. The van der Waals surface area contributed by atoms with E-state index in [1.165, 1.54) is 16.3 Å². The molecule has 0 fully saturated rings. The SMILES string of the molecule is Cc1ccc(C)n1Cc1csc(-c2cccs2)n1. The van der Waals surface area contributed by atoms with Gasteiger partial charge in [-0.1, -0.05) is 6.07 Å². The molecule has 3 aromatic rings. The first-order valence-corrected chi connectivity index (χ1v) is 7.61. The lowest BCUT2D eigenvalue weighted by Crippen LogP contribution is -2.03. The van der Waals surface area contributed by atoms with Crippen molar-refractivity contribution >= 4 is 22.7 Å². The molecule has 2 nitrogen and oxygen atoms in total. The van der Waals surface area contributed by atoms with Gasteiger partial charge in [-0.05, 0) is 37.4 Å². The Labute approximate surface area is 115 Å². The average molecular weight is 274 g/mol. The maximum Gasteiger partial charge on any atom is 0.133 e. The van der Waals surface area contributed by atoms with E-state index in [0.717, 1.165) is 17.2 Å². The van der Waals surface area contributed by atoms with Crippen LogP contribution >= 0.6 is 22.7 Å². The average Bonchev–Trinajstić information content (AvgIpc) is 3.06. The molecule has 0 unspecified atom stereocenters. The summed E-state index contributed by atoms with van der Waals surface area (Å²) in [5, 5.41) is 5.38. The largest absolute Gasteiger partial charge is 0.343 e. The number of rotatable bonds is 3. The minimum absolute atomic E-state index is 0.868. The standard InChI is InChI=1S/C14H14N2S2/c1-10-5-6-11(2)16(10)8-12-9-18-14(15-12)13-4-3-7-17-13/h3-7,9H,8H2,1-2H3. The van der Waals surface area contributed by atoms with E-state index < -0.39 is 0 Å². The van der Waals surface area contributed by atoms with Crippen molar-refractivity contribution in [1.29, 1.82) is 0 Å². The van der Waals surface area contributed by atoms with E-state index >= 15 is 0 Å². The highest BCUT2D eigenvalue weighted by Gasteiger charge is 2.08. The van der Waals surface area contributed by atoms with Crippen LogP contribution in [-0.4, -0.2) is 9.55 Å². The Morgan fingerprint density at radius 2 is 1.89 bits per heavy atom. The molecule has 0 amide bonds. The van der Waals surface area contributed by atoms with Crippen molar-refractivity contribution in [3.63, 3.8) is 0 Å². The quantitative estimate of drug-likeness (QED) is 0.694. The molecule has 0 aliphatic heterocycles. The highest BCUT2D eigenvalue weighted by Crippen LogP contribution is 2.28. The van der Waals surface area contributed by atoms with E-state index in [1.807, 2.05) is 0 Å². The lowest BCUT2D eigenvalue weighted by Gasteiger charge is -2.06. The molecule has 18 heavy (non-hydrogen) atoms. The van der Waals surface area contributed by atoms with Crippen molar-refractivity contribution in [3.8, 4) is 9.88 Å². The van der Waals surface area contributed by atoms with Crippen molar-refractivity contribution in [3.05, 3.63) is 52.1 Å². The number of thiophene rings is 1. The third-order valence-corrected chi connectivity index (χ3v) is 4.95. The number of nitrogens with zero attached hydrogens (tertiary/aromatic N) is 2. The van der Waals surface area contributed by atoms with Crippen molar-refractivity contribution in [1.82, 2.24) is 9.55 Å². The first kappa shape index (κ1) is 11.7. The maximum atomic E-state index is 4.72.